The zero-order valence-electron chi connectivity index (χ0n) is 14.0. The van der Waals surface area contributed by atoms with Crippen molar-refractivity contribution in [1.29, 1.82) is 0 Å². The van der Waals surface area contributed by atoms with Crippen LogP contribution in [0.5, 0.6) is 0 Å². The molecule has 2 aromatic rings. The minimum absolute atomic E-state index is 0.0844. The van der Waals surface area contributed by atoms with Crippen LogP contribution in [0.15, 0.2) is 18.2 Å². The molecule has 1 aromatic carbocycles. The summed E-state index contributed by atoms with van der Waals surface area (Å²) in [5.41, 5.74) is 1.50. The molecule has 134 valence electrons. The Morgan fingerprint density at radius 1 is 1.17 bits per heavy atom. The van der Waals surface area contributed by atoms with E-state index in [4.69, 9.17) is 0 Å². The van der Waals surface area contributed by atoms with Gasteiger partial charge in [-0.15, -0.1) is 0 Å². The van der Waals surface area contributed by atoms with Crippen molar-refractivity contribution in [2.45, 2.75) is 32.0 Å². The molecule has 6 nitrogen and oxygen atoms in total. The first-order chi connectivity index (χ1) is 11.4. The van der Waals surface area contributed by atoms with Crippen molar-refractivity contribution in [2.24, 2.45) is 0 Å². The Hall–Kier alpha value is -1.51. The fourth-order valence-electron chi connectivity index (χ4n) is 2.78. The first kappa shape index (κ1) is 18.8. The van der Waals surface area contributed by atoms with Crippen molar-refractivity contribution >= 4 is 10.9 Å². The summed E-state index contributed by atoms with van der Waals surface area (Å²) in [6, 6.07) is 4.55. The zero-order valence-corrected chi connectivity index (χ0v) is 14.0. The van der Waals surface area contributed by atoms with E-state index in [0.717, 1.165) is 22.2 Å². The number of hydrogen-bond acceptors (Lipinski definition) is 5. The number of fused-ring (bicyclic) bond motifs is 1. The number of halogens is 1. The quantitative estimate of drug-likeness (QED) is 0.468. The molecule has 0 aliphatic rings. The van der Waals surface area contributed by atoms with Crippen LogP contribution in [-0.4, -0.2) is 63.0 Å². The summed E-state index contributed by atoms with van der Waals surface area (Å²) in [5, 5.41) is 41.8. The number of nitrogens with zero attached hydrogens (tertiary/aromatic N) is 1. The molecule has 1 atom stereocenters. The Balaban J connectivity index is 2.16. The molecule has 0 radical (unpaired) electrons. The molecule has 5 N–H and O–H groups in total. The lowest BCUT2D eigenvalue weighted by atomic mass is 10.0. The smallest absolute Gasteiger partial charge is 0.123 e. The van der Waals surface area contributed by atoms with Crippen LogP contribution in [0.25, 0.3) is 10.9 Å². The number of nitrogens with one attached hydrogen (secondary N) is 1. The SMILES string of the molecule is Cc1c(C)n(CC(O)CNC(CO)(CO)CO)c2ccc(F)cc12. The lowest BCUT2D eigenvalue weighted by Crippen LogP contribution is -2.56. The summed E-state index contributed by atoms with van der Waals surface area (Å²) < 4.78 is 15.4. The molecule has 0 bridgehead atoms. The van der Waals surface area contributed by atoms with Gasteiger partial charge in [0.15, 0.2) is 0 Å². The van der Waals surface area contributed by atoms with E-state index >= 15 is 0 Å². The van der Waals surface area contributed by atoms with Crippen molar-refractivity contribution in [2.75, 3.05) is 26.4 Å². The highest BCUT2D eigenvalue weighted by Crippen LogP contribution is 2.26. The van der Waals surface area contributed by atoms with Crippen LogP contribution in [0, 0.1) is 19.7 Å². The Labute approximate surface area is 140 Å². The monoisotopic (exact) mass is 340 g/mol. The highest BCUT2D eigenvalue weighted by molar-refractivity contribution is 5.85. The number of rotatable bonds is 8. The van der Waals surface area contributed by atoms with E-state index in [1.54, 1.807) is 6.07 Å². The van der Waals surface area contributed by atoms with E-state index in [1.807, 2.05) is 18.4 Å². The largest absolute Gasteiger partial charge is 0.394 e. The van der Waals surface area contributed by atoms with E-state index in [0.29, 0.717) is 0 Å². The molecule has 0 saturated carbocycles. The summed E-state index contributed by atoms with van der Waals surface area (Å²) in [6.45, 7) is 2.83. The lowest BCUT2D eigenvalue weighted by Gasteiger charge is -2.30. The third-order valence-electron chi connectivity index (χ3n) is 4.61. The van der Waals surface area contributed by atoms with Gasteiger partial charge in [0.2, 0.25) is 0 Å². The average molecular weight is 340 g/mol. The third kappa shape index (κ3) is 3.60. The predicted molar refractivity (Wildman–Crippen MR) is 89.4 cm³/mol. The highest BCUT2D eigenvalue weighted by atomic mass is 19.1. The molecule has 1 heterocycles. The maximum atomic E-state index is 13.4. The average Bonchev–Trinajstić information content (AvgIpc) is 2.81. The molecule has 0 saturated heterocycles. The number of hydrogen-bond donors (Lipinski definition) is 5. The van der Waals surface area contributed by atoms with Crippen molar-refractivity contribution in [3.05, 3.63) is 35.3 Å². The molecule has 0 aliphatic carbocycles. The van der Waals surface area contributed by atoms with Crippen LogP contribution in [-0.2, 0) is 6.54 Å². The maximum absolute atomic E-state index is 13.4. The van der Waals surface area contributed by atoms with E-state index in [-0.39, 0.29) is 18.9 Å². The number of benzene rings is 1. The molecule has 24 heavy (non-hydrogen) atoms. The minimum atomic E-state index is -1.23. The number of aliphatic hydroxyl groups is 4. The molecule has 1 aromatic heterocycles. The number of aryl methyl sites for hydroxylation is 1. The van der Waals surface area contributed by atoms with Gasteiger partial charge in [-0.05, 0) is 37.6 Å². The lowest BCUT2D eigenvalue weighted by molar-refractivity contribution is 0.0306. The highest BCUT2D eigenvalue weighted by Gasteiger charge is 2.28. The predicted octanol–water partition coefficient (Wildman–Crippen LogP) is 0.0634. The van der Waals surface area contributed by atoms with Crippen LogP contribution < -0.4 is 5.32 Å². The first-order valence-corrected chi connectivity index (χ1v) is 7.88. The van der Waals surface area contributed by atoms with E-state index in [9.17, 15) is 24.8 Å². The van der Waals surface area contributed by atoms with Crippen molar-refractivity contribution < 1.29 is 24.8 Å². The number of β-amino-alcohol motifs (C(OH)–C–C–N with tert-alkyl or cyclic N) is 1. The fraction of sp³-hybridized carbons (Fsp3) is 0.529. The second-order valence-electron chi connectivity index (χ2n) is 6.27. The van der Waals surface area contributed by atoms with Crippen molar-refractivity contribution in [3.8, 4) is 0 Å². The topological polar surface area (TPSA) is 97.9 Å². The van der Waals surface area contributed by atoms with E-state index in [1.165, 1.54) is 12.1 Å². The summed E-state index contributed by atoms with van der Waals surface area (Å²) in [5.74, 6) is -0.302. The molecule has 7 heteroatoms. The summed E-state index contributed by atoms with van der Waals surface area (Å²) in [7, 11) is 0. The minimum Gasteiger partial charge on any atom is -0.394 e. The molecule has 0 amide bonds. The second-order valence-corrected chi connectivity index (χ2v) is 6.27. The Kier molecular flexibility index (Phi) is 5.95. The van der Waals surface area contributed by atoms with Gasteiger partial charge in [-0.25, -0.2) is 4.39 Å². The van der Waals surface area contributed by atoms with Crippen LogP contribution in [0.3, 0.4) is 0 Å². The molecular formula is C17H25FN2O4. The summed E-state index contributed by atoms with van der Waals surface area (Å²) >= 11 is 0. The van der Waals surface area contributed by atoms with Gasteiger partial charge in [-0.3, -0.25) is 0 Å². The molecule has 0 aliphatic heterocycles. The molecule has 0 spiro atoms. The van der Waals surface area contributed by atoms with Gasteiger partial charge >= 0.3 is 0 Å². The van der Waals surface area contributed by atoms with Crippen molar-refractivity contribution in [1.82, 2.24) is 9.88 Å². The van der Waals surface area contributed by atoms with E-state index < -0.39 is 31.5 Å². The Bertz CT molecular complexity index is 689. The van der Waals surface area contributed by atoms with Gasteiger partial charge in [0.05, 0.1) is 38.0 Å². The number of aromatic nitrogens is 1. The first-order valence-electron chi connectivity index (χ1n) is 7.88. The second kappa shape index (κ2) is 7.58. The molecule has 2 rings (SSSR count). The van der Waals surface area contributed by atoms with Crippen LogP contribution >= 0.6 is 0 Å². The van der Waals surface area contributed by atoms with Crippen LogP contribution in [0.1, 0.15) is 11.3 Å². The summed E-state index contributed by atoms with van der Waals surface area (Å²) in [4.78, 5) is 0. The molecule has 0 fully saturated rings. The van der Waals surface area contributed by atoms with Gasteiger partial charge in [0.25, 0.3) is 0 Å². The zero-order chi connectivity index (χ0) is 17.9. The maximum Gasteiger partial charge on any atom is 0.123 e. The standard InChI is InChI=1S/C17H25FN2O4/c1-11-12(2)20(16-4-3-13(18)5-15(11)16)7-14(24)6-19-17(8-21,9-22)10-23/h3-5,14,19,21-24H,6-10H2,1-2H3. The van der Waals surface area contributed by atoms with Crippen LogP contribution in [0.2, 0.25) is 0 Å². The Morgan fingerprint density at radius 2 is 1.79 bits per heavy atom. The fourth-order valence-corrected chi connectivity index (χ4v) is 2.78. The normalized spacial score (nSPS) is 13.6. The van der Waals surface area contributed by atoms with Crippen molar-refractivity contribution in [3.63, 3.8) is 0 Å². The van der Waals surface area contributed by atoms with Crippen LogP contribution in [0.4, 0.5) is 4.39 Å². The molecule has 1 unspecified atom stereocenters. The van der Waals surface area contributed by atoms with E-state index in [2.05, 4.69) is 5.32 Å². The summed E-state index contributed by atoms with van der Waals surface area (Å²) in [6.07, 6.45) is -0.812. The van der Waals surface area contributed by atoms with Gasteiger partial charge < -0.3 is 30.3 Å². The Morgan fingerprint density at radius 3 is 2.38 bits per heavy atom. The van der Waals surface area contributed by atoms with Gasteiger partial charge in [-0.2, -0.15) is 0 Å². The molecular weight excluding hydrogens is 315 g/mol. The van der Waals surface area contributed by atoms with Gasteiger partial charge in [0.1, 0.15) is 5.82 Å². The van der Waals surface area contributed by atoms with Gasteiger partial charge in [0, 0.05) is 23.1 Å². The third-order valence-corrected chi connectivity index (χ3v) is 4.61. The van der Waals surface area contributed by atoms with Gasteiger partial charge in [-0.1, -0.05) is 0 Å². The number of aliphatic hydroxyl groups excluding tert-OH is 4.